The normalized spacial score (nSPS) is 17.7. The number of carbonyl (C=O) groups is 1. The molecule has 0 unspecified atom stereocenters. The fourth-order valence-corrected chi connectivity index (χ4v) is 2.42. The van der Waals surface area contributed by atoms with Gasteiger partial charge in [0, 0.05) is 43.9 Å². The van der Waals surface area contributed by atoms with Crippen LogP contribution >= 0.6 is 0 Å². The third kappa shape index (κ3) is 2.94. The average molecular weight is 291 g/mol. The van der Waals surface area contributed by atoms with Gasteiger partial charge in [-0.25, -0.2) is 13.5 Å². The highest BCUT2D eigenvalue weighted by atomic mass is 19.3. The quantitative estimate of drug-likeness (QED) is 0.853. The molecule has 21 heavy (non-hydrogen) atoms. The van der Waals surface area contributed by atoms with E-state index < -0.39 is 5.92 Å². The van der Waals surface area contributed by atoms with E-state index in [0.29, 0.717) is 5.56 Å². The molecule has 1 aromatic heterocycles. The summed E-state index contributed by atoms with van der Waals surface area (Å²) in [5, 5.41) is 4.11. The minimum Gasteiger partial charge on any atom is -0.338 e. The number of alkyl halides is 2. The maximum Gasteiger partial charge on any atom is 0.253 e. The summed E-state index contributed by atoms with van der Waals surface area (Å²) in [6, 6.07) is 8.82. The zero-order valence-electron chi connectivity index (χ0n) is 11.4. The number of amides is 1. The van der Waals surface area contributed by atoms with Crippen LogP contribution in [0.25, 0.3) is 5.69 Å². The molecule has 1 aliphatic rings. The van der Waals surface area contributed by atoms with Crippen LogP contribution in [0, 0.1) is 0 Å². The van der Waals surface area contributed by atoms with Gasteiger partial charge < -0.3 is 4.90 Å². The second-order valence-corrected chi connectivity index (χ2v) is 5.15. The molecule has 1 aromatic carbocycles. The predicted molar refractivity (Wildman–Crippen MR) is 73.6 cm³/mol. The van der Waals surface area contributed by atoms with E-state index in [0.717, 1.165) is 5.69 Å². The van der Waals surface area contributed by atoms with Gasteiger partial charge in [0.25, 0.3) is 11.8 Å². The van der Waals surface area contributed by atoms with Crippen molar-refractivity contribution in [3.63, 3.8) is 0 Å². The van der Waals surface area contributed by atoms with Crippen molar-refractivity contribution in [1.29, 1.82) is 0 Å². The second-order valence-electron chi connectivity index (χ2n) is 5.15. The fraction of sp³-hybridized carbons (Fsp3) is 0.333. The molecule has 2 aromatic rings. The van der Waals surface area contributed by atoms with E-state index >= 15 is 0 Å². The molecule has 0 spiro atoms. The lowest BCUT2D eigenvalue weighted by molar-refractivity contribution is -0.0494. The van der Waals surface area contributed by atoms with Crippen molar-refractivity contribution < 1.29 is 13.6 Å². The van der Waals surface area contributed by atoms with Crippen molar-refractivity contribution in [2.45, 2.75) is 18.8 Å². The number of carbonyl (C=O) groups excluding carboxylic acids is 1. The average Bonchev–Trinajstić information content (AvgIpc) is 3.01. The number of hydrogen-bond acceptors (Lipinski definition) is 2. The highest BCUT2D eigenvalue weighted by Crippen LogP contribution is 2.28. The lowest BCUT2D eigenvalue weighted by atomic mass is 10.1. The van der Waals surface area contributed by atoms with E-state index in [1.807, 2.05) is 6.07 Å². The number of piperidine rings is 1. The zero-order chi connectivity index (χ0) is 14.9. The summed E-state index contributed by atoms with van der Waals surface area (Å²) in [6.07, 6.45) is 2.90. The molecule has 3 rings (SSSR count). The molecule has 6 heteroatoms. The van der Waals surface area contributed by atoms with Gasteiger partial charge in [0.05, 0.1) is 5.69 Å². The van der Waals surface area contributed by atoms with Crippen molar-refractivity contribution in [3.8, 4) is 5.69 Å². The van der Waals surface area contributed by atoms with Gasteiger partial charge in [-0.05, 0) is 24.3 Å². The lowest BCUT2D eigenvalue weighted by Gasteiger charge is -2.31. The van der Waals surface area contributed by atoms with Crippen molar-refractivity contribution >= 4 is 5.91 Å². The summed E-state index contributed by atoms with van der Waals surface area (Å²) in [4.78, 5) is 13.9. The Morgan fingerprint density at radius 3 is 2.62 bits per heavy atom. The molecule has 0 N–H and O–H groups in total. The number of benzene rings is 1. The van der Waals surface area contributed by atoms with Crippen LogP contribution in [0.1, 0.15) is 23.2 Å². The number of hydrogen-bond donors (Lipinski definition) is 0. The molecule has 1 saturated heterocycles. The SMILES string of the molecule is O=C(c1cccc(-n2cccn2)c1)N1CCC(F)(F)CC1. The van der Waals surface area contributed by atoms with Crippen LogP contribution in [-0.2, 0) is 0 Å². The molecule has 0 saturated carbocycles. The van der Waals surface area contributed by atoms with Crippen molar-refractivity contribution in [1.82, 2.24) is 14.7 Å². The van der Waals surface area contributed by atoms with Crippen LogP contribution in [0.2, 0.25) is 0 Å². The Morgan fingerprint density at radius 1 is 1.19 bits per heavy atom. The Hall–Kier alpha value is -2.24. The minimum atomic E-state index is -2.65. The maximum atomic E-state index is 13.1. The second kappa shape index (κ2) is 5.27. The van der Waals surface area contributed by atoms with E-state index in [4.69, 9.17) is 0 Å². The predicted octanol–water partition coefficient (Wildman–Crippen LogP) is 2.74. The van der Waals surface area contributed by atoms with Gasteiger partial charge in [-0.3, -0.25) is 4.79 Å². The molecular formula is C15H15F2N3O. The van der Waals surface area contributed by atoms with E-state index in [-0.39, 0.29) is 31.8 Å². The van der Waals surface area contributed by atoms with Gasteiger partial charge in [-0.1, -0.05) is 6.07 Å². The number of halogens is 2. The Bertz CT molecular complexity index is 630. The monoisotopic (exact) mass is 291 g/mol. The van der Waals surface area contributed by atoms with E-state index in [9.17, 15) is 13.6 Å². The molecule has 0 aliphatic carbocycles. The summed E-state index contributed by atoms with van der Waals surface area (Å²) in [5.41, 5.74) is 1.27. The van der Waals surface area contributed by atoms with Crippen molar-refractivity contribution in [3.05, 3.63) is 48.3 Å². The van der Waals surface area contributed by atoms with Crippen molar-refractivity contribution in [2.75, 3.05) is 13.1 Å². The number of rotatable bonds is 2. The first-order chi connectivity index (χ1) is 10.1. The first-order valence-corrected chi connectivity index (χ1v) is 6.82. The van der Waals surface area contributed by atoms with Crippen LogP contribution in [0.5, 0.6) is 0 Å². The van der Waals surface area contributed by atoms with Gasteiger partial charge >= 0.3 is 0 Å². The van der Waals surface area contributed by atoms with Crippen molar-refractivity contribution in [2.24, 2.45) is 0 Å². The summed E-state index contributed by atoms with van der Waals surface area (Å²) < 4.78 is 27.9. The Labute approximate surface area is 121 Å². The smallest absolute Gasteiger partial charge is 0.253 e. The highest BCUT2D eigenvalue weighted by molar-refractivity contribution is 5.94. The highest BCUT2D eigenvalue weighted by Gasteiger charge is 2.35. The van der Waals surface area contributed by atoms with E-state index in [1.54, 1.807) is 41.3 Å². The number of nitrogens with zero attached hydrogens (tertiary/aromatic N) is 3. The molecule has 0 radical (unpaired) electrons. The van der Waals surface area contributed by atoms with Crippen LogP contribution in [0.15, 0.2) is 42.7 Å². The van der Waals surface area contributed by atoms with Gasteiger partial charge in [0.2, 0.25) is 0 Å². The molecule has 110 valence electrons. The lowest BCUT2D eigenvalue weighted by Crippen LogP contribution is -2.42. The minimum absolute atomic E-state index is 0.0951. The van der Waals surface area contributed by atoms with Crippen LogP contribution in [0.4, 0.5) is 8.78 Å². The van der Waals surface area contributed by atoms with E-state index in [1.165, 1.54) is 4.90 Å². The van der Waals surface area contributed by atoms with Gasteiger partial charge in [-0.2, -0.15) is 5.10 Å². The van der Waals surface area contributed by atoms with Gasteiger partial charge in [-0.15, -0.1) is 0 Å². The first-order valence-electron chi connectivity index (χ1n) is 6.82. The molecule has 0 atom stereocenters. The molecule has 2 heterocycles. The Morgan fingerprint density at radius 2 is 1.95 bits per heavy atom. The molecule has 4 nitrogen and oxygen atoms in total. The number of aromatic nitrogens is 2. The summed E-state index contributed by atoms with van der Waals surface area (Å²) in [7, 11) is 0. The first kappa shape index (κ1) is 13.7. The summed E-state index contributed by atoms with van der Waals surface area (Å²) in [6.45, 7) is 0.190. The van der Waals surface area contributed by atoms with Gasteiger partial charge in [0.15, 0.2) is 0 Å². The zero-order valence-corrected chi connectivity index (χ0v) is 11.4. The number of likely N-dealkylation sites (tertiary alicyclic amines) is 1. The molecule has 1 aliphatic heterocycles. The van der Waals surface area contributed by atoms with Crippen LogP contribution in [0.3, 0.4) is 0 Å². The van der Waals surface area contributed by atoms with Gasteiger partial charge in [0.1, 0.15) is 0 Å². The summed E-state index contributed by atoms with van der Waals surface area (Å²) in [5.74, 6) is -2.85. The van der Waals surface area contributed by atoms with E-state index in [2.05, 4.69) is 5.10 Å². The third-order valence-electron chi connectivity index (χ3n) is 3.64. The Kier molecular flexibility index (Phi) is 3.45. The van der Waals surface area contributed by atoms with Crippen LogP contribution in [-0.4, -0.2) is 39.6 Å². The molecule has 0 bridgehead atoms. The largest absolute Gasteiger partial charge is 0.338 e. The maximum absolute atomic E-state index is 13.1. The molecule has 1 fully saturated rings. The molecule has 1 amide bonds. The third-order valence-corrected chi connectivity index (χ3v) is 3.64. The topological polar surface area (TPSA) is 38.1 Å². The standard InChI is InChI=1S/C15H15F2N3O/c16-15(17)5-9-19(10-6-15)14(21)12-3-1-4-13(11-12)20-8-2-7-18-20/h1-4,7-8,11H,5-6,9-10H2. The van der Waals surface area contributed by atoms with Crippen LogP contribution < -0.4 is 0 Å². The molecular weight excluding hydrogens is 276 g/mol. The Balaban J connectivity index is 1.78. The fourth-order valence-electron chi connectivity index (χ4n) is 2.42. The summed E-state index contributed by atoms with van der Waals surface area (Å²) >= 11 is 0.